The summed E-state index contributed by atoms with van der Waals surface area (Å²) in [6.45, 7) is 6.25. The summed E-state index contributed by atoms with van der Waals surface area (Å²) in [6, 6.07) is 7.96. The summed E-state index contributed by atoms with van der Waals surface area (Å²) in [4.78, 5) is 30.8. The van der Waals surface area contributed by atoms with Gasteiger partial charge in [0.2, 0.25) is 5.91 Å². The highest BCUT2D eigenvalue weighted by molar-refractivity contribution is 6.04. The first-order valence-corrected chi connectivity index (χ1v) is 10.2. The number of nitrogens with zero attached hydrogens (tertiary/aromatic N) is 2. The van der Waals surface area contributed by atoms with E-state index in [-0.39, 0.29) is 29.9 Å². The van der Waals surface area contributed by atoms with Crippen molar-refractivity contribution in [1.82, 2.24) is 4.90 Å². The van der Waals surface area contributed by atoms with Gasteiger partial charge in [-0.3, -0.25) is 9.59 Å². The highest BCUT2D eigenvalue weighted by Crippen LogP contribution is 2.58. The average molecular weight is 368 g/mol. The lowest BCUT2D eigenvalue weighted by Crippen LogP contribution is -2.64. The molecule has 1 saturated carbocycles. The number of benzene rings is 1. The Morgan fingerprint density at radius 1 is 1.22 bits per heavy atom. The van der Waals surface area contributed by atoms with E-state index in [0.717, 1.165) is 30.8 Å². The maximum atomic E-state index is 13.8. The molecule has 0 radical (unpaired) electrons. The van der Waals surface area contributed by atoms with Crippen LogP contribution < -0.4 is 4.90 Å². The number of carbonyl (C=O) groups excluding carboxylic acids is 2. The largest absolute Gasteiger partial charge is 0.378 e. The number of ketones is 1. The van der Waals surface area contributed by atoms with Crippen molar-refractivity contribution in [1.29, 1.82) is 0 Å². The highest BCUT2D eigenvalue weighted by atomic mass is 16.5. The number of Topliss-reactive ketones (excluding diaryl/α,β-unsaturated/α-hetero) is 1. The van der Waals surface area contributed by atoms with Crippen LogP contribution in [0.4, 0.5) is 5.69 Å². The SMILES string of the molecule is CC(=O)N1c2ccccc2C23CCN(C)C[C@H]4C(C)OC[C@H]([C@H]4CC2=O)[C@H]13. The van der Waals surface area contributed by atoms with Crippen LogP contribution >= 0.6 is 0 Å². The van der Waals surface area contributed by atoms with Crippen LogP contribution in [0.1, 0.15) is 32.3 Å². The summed E-state index contributed by atoms with van der Waals surface area (Å²) in [6.07, 6.45) is 1.55. The Balaban J connectivity index is 1.75. The Morgan fingerprint density at radius 3 is 2.78 bits per heavy atom. The molecule has 1 amide bonds. The van der Waals surface area contributed by atoms with Gasteiger partial charge in [0.05, 0.1) is 24.2 Å². The molecular formula is C22H28N2O3. The van der Waals surface area contributed by atoms with Crippen molar-refractivity contribution in [2.24, 2.45) is 17.8 Å². The minimum absolute atomic E-state index is 0.0329. The molecule has 144 valence electrons. The normalized spacial score (nSPS) is 40.8. The van der Waals surface area contributed by atoms with Crippen LogP contribution in [0.5, 0.6) is 0 Å². The predicted octanol–water partition coefficient (Wildman–Crippen LogP) is 2.24. The van der Waals surface area contributed by atoms with Crippen molar-refractivity contribution in [3.8, 4) is 0 Å². The Labute approximate surface area is 160 Å². The van der Waals surface area contributed by atoms with E-state index in [1.807, 2.05) is 23.1 Å². The Hall–Kier alpha value is -1.72. The molecule has 6 atom stereocenters. The van der Waals surface area contributed by atoms with Crippen molar-refractivity contribution in [2.75, 3.05) is 31.6 Å². The molecule has 1 spiro atoms. The maximum Gasteiger partial charge on any atom is 0.224 e. The first kappa shape index (κ1) is 17.4. The van der Waals surface area contributed by atoms with Gasteiger partial charge in [0.15, 0.2) is 0 Å². The summed E-state index contributed by atoms with van der Waals surface area (Å²) >= 11 is 0. The second-order valence-electron chi connectivity index (χ2n) is 8.99. The van der Waals surface area contributed by atoms with Crippen LogP contribution in [0.3, 0.4) is 0 Å². The molecule has 5 nitrogen and oxygen atoms in total. The van der Waals surface area contributed by atoms with E-state index in [1.165, 1.54) is 0 Å². The Kier molecular flexibility index (Phi) is 3.79. The molecule has 2 unspecified atom stereocenters. The van der Waals surface area contributed by atoms with Crippen molar-refractivity contribution in [3.63, 3.8) is 0 Å². The smallest absolute Gasteiger partial charge is 0.224 e. The molecule has 1 aliphatic carbocycles. The van der Waals surface area contributed by atoms with E-state index in [4.69, 9.17) is 4.74 Å². The lowest BCUT2D eigenvalue weighted by atomic mass is 9.55. The number of carbonyl (C=O) groups is 2. The third-order valence-corrected chi connectivity index (χ3v) is 7.76. The van der Waals surface area contributed by atoms with Crippen molar-refractivity contribution in [3.05, 3.63) is 29.8 Å². The first-order chi connectivity index (χ1) is 12.9. The number of hydrogen-bond acceptors (Lipinski definition) is 4. The number of amides is 1. The predicted molar refractivity (Wildman–Crippen MR) is 103 cm³/mol. The second-order valence-corrected chi connectivity index (χ2v) is 8.99. The zero-order chi connectivity index (χ0) is 18.9. The molecule has 3 aliphatic heterocycles. The van der Waals surface area contributed by atoms with Gasteiger partial charge >= 0.3 is 0 Å². The molecule has 0 aromatic heterocycles. The molecule has 2 bridgehead atoms. The summed E-state index contributed by atoms with van der Waals surface area (Å²) in [5, 5.41) is 0. The molecule has 3 fully saturated rings. The third kappa shape index (κ3) is 2.18. The van der Waals surface area contributed by atoms with Gasteiger partial charge in [-0.1, -0.05) is 18.2 Å². The number of rotatable bonds is 0. The lowest BCUT2D eigenvalue weighted by molar-refractivity contribution is -0.146. The molecule has 2 saturated heterocycles. The summed E-state index contributed by atoms with van der Waals surface area (Å²) in [5.74, 6) is 1.21. The van der Waals surface area contributed by atoms with Gasteiger partial charge in [-0.2, -0.15) is 0 Å². The minimum Gasteiger partial charge on any atom is -0.378 e. The zero-order valence-corrected chi connectivity index (χ0v) is 16.4. The van der Waals surface area contributed by atoms with Crippen LogP contribution in [0.2, 0.25) is 0 Å². The van der Waals surface area contributed by atoms with Crippen LogP contribution in [0.25, 0.3) is 0 Å². The summed E-state index contributed by atoms with van der Waals surface area (Å²) in [7, 11) is 2.15. The Bertz CT molecular complexity index is 809. The third-order valence-electron chi connectivity index (χ3n) is 7.76. The molecule has 1 aromatic carbocycles. The van der Waals surface area contributed by atoms with Gasteiger partial charge < -0.3 is 14.5 Å². The van der Waals surface area contributed by atoms with Crippen molar-refractivity contribution in [2.45, 2.75) is 44.2 Å². The second kappa shape index (κ2) is 5.89. The van der Waals surface area contributed by atoms with Crippen molar-refractivity contribution >= 4 is 17.4 Å². The topological polar surface area (TPSA) is 49.9 Å². The molecular weight excluding hydrogens is 340 g/mol. The lowest BCUT2D eigenvalue weighted by Gasteiger charge is -2.53. The van der Waals surface area contributed by atoms with Crippen LogP contribution in [0.15, 0.2) is 24.3 Å². The van der Waals surface area contributed by atoms with Crippen molar-refractivity contribution < 1.29 is 14.3 Å². The monoisotopic (exact) mass is 368 g/mol. The summed E-state index contributed by atoms with van der Waals surface area (Å²) in [5.41, 5.74) is 1.40. The highest BCUT2D eigenvalue weighted by Gasteiger charge is 2.65. The summed E-state index contributed by atoms with van der Waals surface area (Å²) < 4.78 is 6.23. The van der Waals surface area contributed by atoms with E-state index in [9.17, 15) is 9.59 Å². The van der Waals surface area contributed by atoms with Crippen LogP contribution in [-0.2, 0) is 19.7 Å². The molecule has 5 rings (SSSR count). The number of fused-ring (bicyclic) bond motifs is 3. The van der Waals surface area contributed by atoms with E-state index >= 15 is 0 Å². The fourth-order valence-corrected chi connectivity index (χ4v) is 6.55. The quantitative estimate of drug-likeness (QED) is 0.705. The van der Waals surface area contributed by atoms with Gasteiger partial charge in [0.25, 0.3) is 0 Å². The van der Waals surface area contributed by atoms with E-state index in [2.05, 4.69) is 24.9 Å². The molecule has 1 aromatic rings. The molecule has 0 N–H and O–H groups in total. The van der Waals surface area contributed by atoms with Crippen LogP contribution in [0, 0.1) is 17.8 Å². The van der Waals surface area contributed by atoms with Gasteiger partial charge in [0, 0.05) is 37.4 Å². The van der Waals surface area contributed by atoms with E-state index in [0.29, 0.717) is 24.7 Å². The van der Waals surface area contributed by atoms with Gasteiger partial charge in [-0.15, -0.1) is 0 Å². The molecule has 3 heterocycles. The van der Waals surface area contributed by atoms with Gasteiger partial charge in [-0.05, 0) is 44.5 Å². The first-order valence-electron chi connectivity index (χ1n) is 10.2. The van der Waals surface area contributed by atoms with Gasteiger partial charge in [-0.25, -0.2) is 0 Å². The fourth-order valence-electron chi connectivity index (χ4n) is 6.55. The number of anilines is 1. The van der Waals surface area contributed by atoms with Crippen LogP contribution in [-0.4, -0.2) is 55.5 Å². The average Bonchev–Trinajstić information content (AvgIpc) is 2.97. The standard InChI is InChI=1S/C22H28N2O3/c1-13-16-11-23(3)9-8-22-18-6-4-5-7-19(18)24(14(2)25)21(22)17(12-27-13)15(16)10-20(22)26/h4-7,13,15-17,21H,8-12H2,1-3H3/t13?,15-,16-,17+,21-,22?/m0/s1. The van der Waals surface area contributed by atoms with Gasteiger partial charge in [0.1, 0.15) is 5.78 Å². The minimum atomic E-state index is -0.587. The Morgan fingerprint density at radius 2 is 2.00 bits per heavy atom. The van der Waals surface area contributed by atoms with E-state index < -0.39 is 5.41 Å². The molecule has 27 heavy (non-hydrogen) atoms. The fraction of sp³-hybridized carbons (Fsp3) is 0.636. The number of ether oxygens (including phenoxy) is 1. The molecule has 4 aliphatic rings. The molecule has 5 heteroatoms. The zero-order valence-electron chi connectivity index (χ0n) is 16.4. The maximum absolute atomic E-state index is 13.8. The number of para-hydroxylation sites is 1. The number of hydrogen-bond donors (Lipinski definition) is 0. The van der Waals surface area contributed by atoms with E-state index in [1.54, 1.807) is 6.92 Å².